The molecule has 0 aliphatic carbocycles. The van der Waals surface area contributed by atoms with Crippen molar-refractivity contribution < 1.29 is 0 Å². The standard InChI is InChI=1S/C5H8BrN3S/c6-1-2-7-3-5-4-10-9-8-5/h4,7H,1-3H2. The van der Waals surface area contributed by atoms with Crippen molar-refractivity contribution in [3.05, 3.63) is 11.1 Å². The van der Waals surface area contributed by atoms with Gasteiger partial charge in [-0.15, -0.1) is 5.10 Å². The van der Waals surface area contributed by atoms with Crippen molar-refractivity contribution in [2.24, 2.45) is 0 Å². The van der Waals surface area contributed by atoms with Crippen LogP contribution in [0.15, 0.2) is 5.38 Å². The fourth-order valence-electron chi connectivity index (χ4n) is 0.544. The molecule has 0 amide bonds. The highest BCUT2D eigenvalue weighted by Gasteiger charge is 1.92. The number of alkyl halides is 1. The van der Waals surface area contributed by atoms with E-state index in [0.29, 0.717) is 0 Å². The Labute approximate surface area is 72.1 Å². The molecule has 0 bridgehead atoms. The molecule has 0 spiro atoms. The van der Waals surface area contributed by atoms with Crippen LogP contribution in [0, 0.1) is 0 Å². The molecule has 56 valence electrons. The lowest BCUT2D eigenvalue weighted by Crippen LogP contribution is -2.15. The van der Waals surface area contributed by atoms with Crippen molar-refractivity contribution >= 4 is 27.5 Å². The smallest absolute Gasteiger partial charge is 0.0893 e. The minimum absolute atomic E-state index is 0.822. The zero-order chi connectivity index (χ0) is 7.23. The van der Waals surface area contributed by atoms with Gasteiger partial charge in [0.05, 0.1) is 5.69 Å². The Morgan fingerprint density at radius 2 is 2.60 bits per heavy atom. The topological polar surface area (TPSA) is 37.8 Å². The molecular weight excluding hydrogens is 214 g/mol. The van der Waals surface area contributed by atoms with E-state index in [1.54, 1.807) is 0 Å². The first-order chi connectivity index (χ1) is 4.93. The summed E-state index contributed by atoms with van der Waals surface area (Å²) in [6, 6.07) is 0. The van der Waals surface area contributed by atoms with E-state index in [1.807, 2.05) is 5.38 Å². The summed E-state index contributed by atoms with van der Waals surface area (Å²) in [6.07, 6.45) is 0. The molecule has 1 N–H and O–H groups in total. The van der Waals surface area contributed by atoms with Gasteiger partial charge in [-0.3, -0.25) is 0 Å². The van der Waals surface area contributed by atoms with Crippen LogP contribution in [-0.2, 0) is 6.54 Å². The first-order valence-corrected chi connectivity index (χ1v) is 4.92. The third kappa shape index (κ3) is 2.72. The number of hydrogen-bond acceptors (Lipinski definition) is 4. The van der Waals surface area contributed by atoms with Gasteiger partial charge < -0.3 is 5.32 Å². The van der Waals surface area contributed by atoms with Crippen molar-refractivity contribution in [2.45, 2.75) is 6.54 Å². The lowest BCUT2D eigenvalue weighted by atomic mass is 10.5. The van der Waals surface area contributed by atoms with Gasteiger partial charge in [-0.25, -0.2) is 0 Å². The highest BCUT2D eigenvalue weighted by atomic mass is 79.9. The van der Waals surface area contributed by atoms with Crippen LogP contribution < -0.4 is 5.32 Å². The van der Waals surface area contributed by atoms with Gasteiger partial charge >= 0.3 is 0 Å². The molecule has 0 aliphatic heterocycles. The van der Waals surface area contributed by atoms with Crippen molar-refractivity contribution in [1.82, 2.24) is 14.9 Å². The van der Waals surface area contributed by atoms with Crippen LogP contribution in [0.25, 0.3) is 0 Å². The number of aromatic nitrogens is 2. The highest BCUT2D eigenvalue weighted by molar-refractivity contribution is 9.09. The van der Waals surface area contributed by atoms with Crippen LogP contribution in [-0.4, -0.2) is 21.5 Å². The molecule has 1 aromatic rings. The minimum Gasteiger partial charge on any atom is -0.310 e. The Balaban J connectivity index is 2.15. The predicted molar refractivity (Wildman–Crippen MR) is 45.4 cm³/mol. The Kier molecular flexibility index (Phi) is 3.86. The van der Waals surface area contributed by atoms with E-state index >= 15 is 0 Å². The summed E-state index contributed by atoms with van der Waals surface area (Å²) in [5.41, 5.74) is 1.02. The molecule has 0 saturated heterocycles. The fraction of sp³-hybridized carbons (Fsp3) is 0.600. The summed E-state index contributed by atoms with van der Waals surface area (Å²) in [7, 11) is 0. The van der Waals surface area contributed by atoms with Crippen molar-refractivity contribution in [3.63, 3.8) is 0 Å². The van der Waals surface area contributed by atoms with Gasteiger partial charge in [-0.05, 0) is 11.5 Å². The molecule has 1 aromatic heterocycles. The molecule has 0 aromatic carbocycles. The predicted octanol–water partition coefficient (Wildman–Crippen LogP) is 1.02. The van der Waals surface area contributed by atoms with Gasteiger partial charge in [-0.2, -0.15) is 0 Å². The van der Waals surface area contributed by atoms with Crippen LogP contribution in [0.4, 0.5) is 0 Å². The van der Waals surface area contributed by atoms with E-state index in [-0.39, 0.29) is 0 Å². The van der Waals surface area contributed by atoms with Gasteiger partial charge in [0.25, 0.3) is 0 Å². The second-order valence-corrected chi connectivity index (χ2v) is 3.16. The SMILES string of the molecule is BrCCNCc1csnn1. The molecule has 10 heavy (non-hydrogen) atoms. The molecule has 0 fully saturated rings. The first kappa shape index (κ1) is 8.10. The van der Waals surface area contributed by atoms with E-state index in [4.69, 9.17) is 0 Å². The highest BCUT2D eigenvalue weighted by Crippen LogP contribution is 1.94. The molecule has 0 saturated carbocycles. The summed E-state index contributed by atoms with van der Waals surface area (Å²) in [6.45, 7) is 1.79. The number of rotatable bonds is 4. The molecule has 5 heteroatoms. The summed E-state index contributed by atoms with van der Waals surface area (Å²) < 4.78 is 3.74. The molecule has 3 nitrogen and oxygen atoms in total. The van der Waals surface area contributed by atoms with Crippen molar-refractivity contribution in [2.75, 3.05) is 11.9 Å². The van der Waals surface area contributed by atoms with Crippen LogP contribution in [0.3, 0.4) is 0 Å². The molecular formula is C5H8BrN3S. The van der Waals surface area contributed by atoms with E-state index < -0.39 is 0 Å². The number of halogens is 1. The third-order valence-corrected chi connectivity index (χ3v) is 1.93. The zero-order valence-corrected chi connectivity index (χ0v) is 7.78. The second-order valence-electron chi connectivity index (χ2n) is 1.76. The van der Waals surface area contributed by atoms with Crippen molar-refractivity contribution in [3.8, 4) is 0 Å². The number of hydrogen-bond donors (Lipinski definition) is 1. The Morgan fingerprint density at radius 1 is 1.70 bits per heavy atom. The lowest BCUT2D eigenvalue weighted by Gasteiger charge is -1.95. The van der Waals surface area contributed by atoms with Gasteiger partial charge in [0.1, 0.15) is 0 Å². The van der Waals surface area contributed by atoms with E-state index in [2.05, 4.69) is 30.8 Å². The van der Waals surface area contributed by atoms with Gasteiger partial charge in [0.15, 0.2) is 0 Å². The Morgan fingerprint density at radius 3 is 3.20 bits per heavy atom. The quantitative estimate of drug-likeness (QED) is 0.610. The minimum atomic E-state index is 0.822. The Bertz CT molecular complexity index is 165. The van der Waals surface area contributed by atoms with Crippen molar-refractivity contribution in [1.29, 1.82) is 0 Å². The number of nitrogens with zero attached hydrogens (tertiary/aromatic N) is 2. The van der Waals surface area contributed by atoms with Crippen LogP contribution in [0.5, 0.6) is 0 Å². The van der Waals surface area contributed by atoms with E-state index in [9.17, 15) is 0 Å². The molecule has 1 rings (SSSR count). The normalized spacial score (nSPS) is 10.1. The van der Waals surface area contributed by atoms with Crippen LogP contribution in [0.2, 0.25) is 0 Å². The first-order valence-electron chi connectivity index (χ1n) is 2.96. The average molecular weight is 222 g/mol. The van der Waals surface area contributed by atoms with Gasteiger partial charge in [0, 0.05) is 23.8 Å². The monoisotopic (exact) mass is 221 g/mol. The average Bonchev–Trinajstić information content (AvgIpc) is 2.41. The zero-order valence-electron chi connectivity index (χ0n) is 5.38. The summed E-state index contributed by atoms with van der Waals surface area (Å²) in [5.74, 6) is 0. The maximum Gasteiger partial charge on any atom is 0.0893 e. The maximum atomic E-state index is 3.88. The second kappa shape index (κ2) is 4.76. The molecule has 0 radical (unpaired) electrons. The van der Waals surface area contributed by atoms with E-state index in [1.165, 1.54) is 11.5 Å². The van der Waals surface area contributed by atoms with Crippen LogP contribution in [0.1, 0.15) is 5.69 Å². The molecule has 0 aliphatic rings. The Hall–Kier alpha value is 0. The van der Waals surface area contributed by atoms with Crippen LogP contribution >= 0.6 is 27.5 Å². The van der Waals surface area contributed by atoms with Gasteiger partial charge in [0.2, 0.25) is 0 Å². The largest absolute Gasteiger partial charge is 0.310 e. The van der Waals surface area contributed by atoms with E-state index in [0.717, 1.165) is 24.1 Å². The fourth-order valence-corrected chi connectivity index (χ4v) is 1.28. The summed E-state index contributed by atoms with van der Waals surface area (Å²) in [4.78, 5) is 0. The molecule has 1 heterocycles. The summed E-state index contributed by atoms with van der Waals surface area (Å²) >= 11 is 4.70. The summed E-state index contributed by atoms with van der Waals surface area (Å²) in [5, 5.41) is 10.00. The molecule has 0 unspecified atom stereocenters. The number of nitrogens with one attached hydrogen (secondary N) is 1. The maximum absolute atomic E-state index is 3.88. The third-order valence-electron chi connectivity index (χ3n) is 0.983. The lowest BCUT2D eigenvalue weighted by molar-refractivity contribution is 0.714. The molecule has 0 atom stereocenters. The van der Waals surface area contributed by atoms with Gasteiger partial charge in [-0.1, -0.05) is 20.4 Å².